The number of hydrogen-bond acceptors (Lipinski definition) is 3. The third-order valence-electron chi connectivity index (χ3n) is 5.61. The maximum absolute atomic E-state index is 13.3. The molecular formula is C20H29NO3. The highest BCUT2D eigenvalue weighted by Gasteiger charge is 2.44. The van der Waals surface area contributed by atoms with Crippen LogP contribution in [0.1, 0.15) is 50.5 Å². The van der Waals surface area contributed by atoms with Crippen molar-refractivity contribution in [2.24, 2.45) is 0 Å². The zero-order valence-electron chi connectivity index (χ0n) is 14.9. The van der Waals surface area contributed by atoms with E-state index in [2.05, 4.69) is 12.1 Å². The molecule has 2 fully saturated rings. The third kappa shape index (κ3) is 3.44. The van der Waals surface area contributed by atoms with Crippen molar-refractivity contribution in [3.05, 3.63) is 29.8 Å². The van der Waals surface area contributed by atoms with Crippen LogP contribution in [-0.2, 0) is 14.9 Å². The molecule has 0 spiro atoms. The number of hydrogen-bond donors (Lipinski definition) is 0. The molecule has 4 nitrogen and oxygen atoms in total. The molecule has 24 heavy (non-hydrogen) atoms. The number of rotatable bonds is 5. The number of ether oxygens (including phenoxy) is 2. The Hall–Kier alpha value is -1.55. The van der Waals surface area contributed by atoms with Crippen molar-refractivity contribution in [2.45, 2.75) is 56.5 Å². The van der Waals surface area contributed by atoms with Crippen LogP contribution in [0.4, 0.5) is 0 Å². The summed E-state index contributed by atoms with van der Waals surface area (Å²) in [5.74, 6) is 1.09. The SMILES string of the molecule is COc1ccc(C2(C(=O)N(C)C[C@H]3CCCCO3)CCCC2)cc1. The van der Waals surface area contributed by atoms with Gasteiger partial charge in [-0.15, -0.1) is 0 Å². The van der Waals surface area contributed by atoms with Gasteiger partial charge in [-0.3, -0.25) is 4.79 Å². The highest BCUT2D eigenvalue weighted by atomic mass is 16.5. The Labute approximate surface area is 145 Å². The fourth-order valence-electron chi connectivity index (χ4n) is 4.22. The summed E-state index contributed by atoms with van der Waals surface area (Å²) in [5.41, 5.74) is 0.762. The first-order valence-corrected chi connectivity index (χ1v) is 9.17. The van der Waals surface area contributed by atoms with Crippen LogP contribution in [0.25, 0.3) is 0 Å². The Kier molecular flexibility index (Phi) is 5.44. The van der Waals surface area contributed by atoms with Gasteiger partial charge in [-0.25, -0.2) is 0 Å². The fraction of sp³-hybridized carbons (Fsp3) is 0.650. The summed E-state index contributed by atoms with van der Waals surface area (Å²) < 4.78 is 11.1. The quantitative estimate of drug-likeness (QED) is 0.828. The van der Waals surface area contributed by atoms with Gasteiger partial charge in [-0.2, -0.15) is 0 Å². The molecular weight excluding hydrogens is 302 g/mol. The summed E-state index contributed by atoms with van der Waals surface area (Å²) in [4.78, 5) is 15.2. The molecule has 1 atom stereocenters. The Morgan fingerprint density at radius 1 is 1.21 bits per heavy atom. The lowest BCUT2D eigenvalue weighted by molar-refractivity contribution is -0.138. The van der Waals surface area contributed by atoms with Crippen LogP contribution in [0, 0.1) is 0 Å². The van der Waals surface area contributed by atoms with Gasteiger partial charge >= 0.3 is 0 Å². The van der Waals surface area contributed by atoms with Crippen LogP contribution in [0.3, 0.4) is 0 Å². The van der Waals surface area contributed by atoms with E-state index in [-0.39, 0.29) is 17.4 Å². The number of carbonyl (C=O) groups excluding carboxylic acids is 1. The summed E-state index contributed by atoms with van der Waals surface area (Å²) in [6.45, 7) is 1.53. The van der Waals surface area contributed by atoms with Crippen LogP contribution < -0.4 is 4.74 Å². The molecule has 1 aliphatic heterocycles. The predicted molar refractivity (Wildman–Crippen MR) is 94.4 cm³/mol. The van der Waals surface area contributed by atoms with E-state index in [4.69, 9.17) is 9.47 Å². The van der Waals surface area contributed by atoms with Crippen molar-refractivity contribution >= 4 is 5.91 Å². The summed E-state index contributed by atoms with van der Waals surface area (Å²) in [6.07, 6.45) is 7.72. The van der Waals surface area contributed by atoms with E-state index in [1.54, 1.807) is 7.11 Å². The first-order valence-electron chi connectivity index (χ1n) is 9.17. The molecule has 1 saturated carbocycles. The Morgan fingerprint density at radius 2 is 1.92 bits per heavy atom. The molecule has 1 saturated heterocycles. The maximum atomic E-state index is 13.3. The summed E-state index contributed by atoms with van der Waals surface area (Å²) >= 11 is 0. The number of carbonyl (C=O) groups is 1. The molecule has 0 N–H and O–H groups in total. The first-order chi connectivity index (χ1) is 11.7. The van der Waals surface area contributed by atoms with Gasteiger partial charge in [0.1, 0.15) is 5.75 Å². The van der Waals surface area contributed by atoms with Gasteiger partial charge in [-0.1, -0.05) is 25.0 Å². The molecule has 0 unspecified atom stereocenters. The van der Waals surface area contributed by atoms with Crippen LogP contribution in [0.2, 0.25) is 0 Å². The second-order valence-corrected chi connectivity index (χ2v) is 7.19. The number of benzene rings is 1. The summed E-state index contributed by atoms with van der Waals surface area (Å²) in [7, 11) is 3.60. The molecule has 0 bridgehead atoms. The van der Waals surface area contributed by atoms with E-state index >= 15 is 0 Å². The lowest BCUT2D eigenvalue weighted by Gasteiger charge is -2.35. The zero-order valence-corrected chi connectivity index (χ0v) is 14.9. The summed E-state index contributed by atoms with van der Waals surface area (Å²) in [6, 6.07) is 8.06. The Bertz CT molecular complexity index is 543. The minimum Gasteiger partial charge on any atom is -0.497 e. The molecule has 1 aromatic carbocycles. The molecule has 4 heteroatoms. The van der Waals surface area contributed by atoms with Crippen LogP contribution in [0.5, 0.6) is 5.75 Å². The standard InChI is InChI=1S/C20H29NO3/c1-21(15-18-7-3-6-14-24-18)19(22)20(12-4-5-13-20)16-8-10-17(23-2)11-9-16/h8-11,18H,3-7,12-15H2,1-2H3/t18-/m1/s1. The van der Waals surface area contributed by atoms with Gasteiger partial charge in [0, 0.05) is 20.2 Å². The van der Waals surface area contributed by atoms with E-state index in [0.29, 0.717) is 6.54 Å². The van der Waals surface area contributed by atoms with Gasteiger partial charge in [-0.05, 0) is 49.8 Å². The van der Waals surface area contributed by atoms with Crippen LogP contribution in [0.15, 0.2) is 24.3 Å². The second-order valence-electron chi connectivity index (χ2n) is 7.19. The topological polar surface area (TPSA) is 38.8 Å². The zero-order chi connectivity index (χ0) is 17.0. The molecule has 0 radical (unpaired) electrons. The molecule has 0 aromatic heterocycles. The lowest BCUT2D eigenvalue weighted by Crippen LogP contribution is -2.47. The van der Waals surface area contributed by atoms with Crippen molar-refractivity contribution in [3.63, 3.8) is 0 Å². The molecule has 1 aromatic rings. The van der Waals surface area contributed by atoms with Crippen LogP contribution in [-0.4, -0.2) is 44.2 Å². The number of methoxy groups -OCH3 is 1. The van der Waals surface area contributed by atoms with Gasteiger partial charge in [0.15, 0.2) is 0 Å². The monoisotopic (exact) mass is 331 g/mol. The molecule has 2 aliphatic rings. The van der Waals surface area contributed by atoms with Gasteiger partial charge in [0.05, 0.1) is 18.6 Å². The smallest absolute Gasteiger partial charge is 0.233 e. The largest absolute Gasteiger partial charge is 0.497 e. The van der Waals surface area contributed by atoms with E-state index < -0.39 is 0 Å². The molecule has 1 amide bonds. The molecule has 1 aliphatic carbocycles. The minimum atomic E-state index is -0.365. The number of likely N-dealkylation sites (N-methyl/N-ethyl adjacent to an activating group) is 1. The van der Waals surface area contributed by atoms with Gasteiger partial charge < -0.3 is 14.4 Å². The van der Waals surface area contributed by atoms with Gasteiger partial charge in [0.2, 0.25) is 5.91 Å². The van der Waals surface area contributed by atoms with E-state index in [0.717, 1.165) is 56.4 Å². The van der Waals surface area contributed by atoms with Crippen molar-refractivity contribution in [3.8, 4) is 5.75 Å². The van der Waals surface area contributed by atoms with Crippen molar-refractivity contribution in [2.75, 3.05) is 27.3 Å². The number of nitrogens with zero attached hydrogens (tertiary/aromatic N) is 1. The first kappa shape index (κ1) is 17.3. The van der Waals surface area contributed by atoms with Crippen LogP contribution >= 0.6 is 0 Å². The Morgan fingerprint density at radius 3 is 2.50 bits per heavy atom. The van der Waals surface area contributed by atoms with Crippen molar-refractivity contribution in [1.82, 2.24) is 4.90 Å². The number of amides is 1. The summed E-state index contributed by atoms with van der Waals surface area (Å²) in [5, 5.41) is 0. The van der Waals surface area contributed by atoms with E-state index in [1.807, 2.05) is 24.1 Å². The molecule has 1 heterocycles. The fourth-order valence-corrected chi connectivity index (χ4v) is 4.22. The lowest BCUT2D eigenvalue weighted by atomic mass is 9.77. The van der Waals surface area contributed by atoms with Crippen molar-refractivity contribution < 1.29 is 14.3 Å². The average molecular weight is 331 g/mol. The molecule has 3 rings (SSSR count). The van der Waals surface area contributed by atoms with Crippen molar-refractivity contribution in [1.29, 1.82) is 0 Å². The van der Waals surface area contributed by atoms with E-state index in [9.17, 15) is 4.79 Å². The maximum Gasteiger partial charge on any atom is 0.233 e. The normalized spacial score (nSPS) is 23.0. The average Bonchev–Trinajstić information content (AvgIpc) is 3.13. The minimum absolute atomic E-state index is 0.196. The third-order valence-corrected chi connectivity index (χ3v) is 5.61. The predicted octanol–water partition coefficient (Wildman–Crippen LogP) is 3.53. The Balaban J connectivity index is 1.76. The highest BCUT2D eigenvalue weighted by Crippen LogP contribution is 2.43. The highest BCUT2D eigenvalue weighted by molar-refractivity contribution is 5.88. The molecule has 132 valence electrons. The second kappa shape index (κ2) is 7.56. The van der Waals surface area contributed by atoms with E-state index in [1.165, 1.54) is 6.42 Å². The van der Waals surface area contributed by atoms with Gasteiger partial charge in [0.25, 0.3) is 0 Å².